The van der Waals surface area contributed by atoms with Crippen LogP contribution in [-0.4, -0.2) is 35.4 Å². The first-order chi connectivity index (χ1) is 10.7. The highest BCUT2D eigenvalue weighted by atomic mass is 19.4. The van der Waals surface area contributed by atoms with E-state index in [1.54, 1.807) is 0 Å². The molecule has 0 aliphatic rings. The van der Waals surface area contributed by atoms with Crippen molar-refractivity contribution >= 4 is 0 Å². The minimum atomic E-state index is -6.35. The number of allylic oxidation sites excluding steroid dienone is 1. The Kier molecular flexibility index (Phi) is 8.04. The molecule has 0 spiro atoms. The number of hydrogen-bond acceptors (Lipinski definition) is 1. The van der Waals surface area contributed by atoms with Gasteiger partial charge in [-0.05, 0) is 31.8 Å². The van der Waals surface area contributed by atoms with Crippen LogP contribution in [0.3, 0.4) is 0 Å². The summed E-state index contributed by atoms with van der Waals surface area (Å²) < 4.78 is 130. The Labute approximate surface area is 131 Å². The number of aliphatic hydroxyl groups is 1. The molecule has 0 saturated carbocycles. The maximum absolute atomic E-state index is 13.4. The molecule has 0 aromatic heterocycles. The van der Waals surface area contributed by atoms with Gasteiger partial charge in [0, 0.05) is 19.4 Å². The summed E-state index contributed by atoms with van der Waals surface area (Å²) in [5, 5.41) is 8.29. The molecule has 0 unspecified atom stereocenters. The third-order valence-electron chi connectivity index (χ3n) is 3.21. The molecule has 11 heteroatoms. The van der Waals surface area contributed by atoms with Crippen molar-refractivity contribution in [2.24, 2.45) is 0 Å². The zero-order valence-electron chi connectivity index (χ0n) is 12.3. The molecule has 0 radical (unpaired) electrons. The van der Waals surface area contributed by atoms with Crippen LogP contribution in [0.25, 0.3) is 0 Å². The smallest absolute Gasteiger partial charge is 0.378 e. The van der Waals surface area contributed by atoms with E-state index in [4.69, 9.17) is 5.11 Å². The summed E-state index contributed by atoms with van der Waals surface area (Å²) in [4.78, 5) is 0. The highest BCUT2D eigenvalue weighted by Gasteiger charge is 2.79. The third kappa shape index (κ3) is 5.25. The number of aliphatic hydroxyl groups excluding tert-OH is 1. The molecule has 1 N–H and O–H groups in total. The van der Waals surface area contributed by atoms with Crippen LogP contribution in [0.1, 0.15) is 38.5 Å². The fraction of sp³-hybridized carbons (Fsp3) is 0.846. The van der Waals surface area contributed by atoms with Crippen molar-refractivity contribution in [3.05, 3.63) is 12.2 Å². The van der Waals surface area contributed by atoms with Crippen molar-refractivity contribution in [2.75, 3.05) is 6.61 Å². The lowest BCUT2D eigenvalue weighted by atomic mass is 9.93. The van der Waals surface area contributed by atoms with Gasteiger partial charge < -0.3 is 5.11 Å². The molecular formula is C13H16F10O. The lowest BCUT2D eigenvalue weighted by molar-refractivity contribution is -0.368. The van der Waals surface area contributed by atoms with Crippen molar-refractivity contribution < 1.29 is 49.0 Å². The monoisotopic (exact) mass is 378 g/mol. The maximum atomic E-state index is 13.4. The molecular weight excluding hydrogens is 362 g/mol. The van der Waals surface area contributed by atoms with Crippen LogP contribution in [-0.2, 0) is 0 Å². The van der Waals surface area contributed by atoms with Crippen molar-refractivity contribution in [3.63, 3.8) is 0 Å². The maximum Gasteiger partial charge on any atom is 0.378 e. The predicted octanol–water partition coefficient (Wildman–Crippen LogP) is 5.64. The van der Waals surface area contributed by atoms with E-state index in [9.17, 15) is 43.9 Å². The zero-order chi connectivity index (χ0) is 19.2. The van der Waals surface area contributed by atoms with Crippen molar-refractivity contribution in [1.82, 2.24) is 0 Å². The van der Waals surface area contributed by atoms with Crippen molar-refractivity contribution in [3.8, 4) is 0 Å². The second-order valence-corrected chi connectivity index (χ2v) is 5.12. The third-order valence-corrected chi connectivity index (χ3v) is 3.21. The first-order valence-corrected chi connectivity index (χ1v) is 6.86. The molecule has 0 heterocycles. The molecule has 0 aromatic carbocycles. The van der Waals surface area contributed by atoms with Crippen LogP contribution in [0.15, 0.2) is 12.2 Å². The van der Waals surface area contributed by atoms with Crippen molar-refractivity contribution in [2.45, 2.75) is 62.2 Å². The van der Waals surface area contributed by atoms with Gasteiger partial charge in [-0.15, -0.1) is 0 Å². The van der Waals surface area contributed by atoms with Gasteiger partial charge in [-0.3, -0.25) is 0 Å². The van der Waals surface area contributed by atoms with Crippen molar-refractivity contribution in [1.29, 1.82) is 0 Å². The fourth-order valence-electron chi connectivity index (χ4n) is 1.78. The zero-order valence-corrected chi connectivity index (χ0v) is 12.3. The lowest BCUT2D eigenvalue weighted by Gasteiger charge is -2.37. The first kappa shape index (κ1) is 23.0. The van der Waals surface area contributed by atoms with Gasteiger partial charge >= 0.3 is 23.7 Å². The molecule has 0 saturated heterocycles. The van der Waals surface area contributed by atoms with Gasteiger partial charge in [0.05, 0.1) is 0 Å². The van der Waals surface area contributed by atoms with Gasteiger partial charge in [-0.1, -0.05) is 0 Å². The molecule has 24 heavy (non-hydrogen) atoms. The first-order valence-electron chi connectivity index (χ1n) is 6.86. The van der Waals surface area contributed by atoms with Gasteiger partial charge in [-0.25, -0.2) is 0 Å². The average Bonchev–Trinajstić information content (AvgIpc) is 2.43. The van der Waals surface area contributed by atoms with E-state index < -0.39 is 74.9 Å². The van der Waals surface area contributed by atoms with E-state index in [1.807, 2.05) is 0 Å². The number of hydrogen-bond donors (Lipinski definition) is 1. The highest BCUT2D eigenvalue weighted by Crippen LogP contribution is 2.55. The molecule has 1 nitrogen and oxygen atoms in total. The Morgan fingerprint density at radius 3 is 1.50 bits per heavy atom. The van der Waals surface area contributed by atoms with Crippen LogP contribution < -0.4 is 0 Å². The second kappa shape index (κ2) is 8.39. The largest absolute Gasteiger partial charge is 0.396 e. The molecule has 0 aliphatic heterocycles. The van der Waals surface area contributed by atoms with Crippen LogP contribution in [0, 0.1) is 0 Å². The van der Waals surface area contributed by atoms with Gasteiger partial charge in [-0.2, -0.15) is 43.9 Å². The molecule has 0 atom stereocenters. The summed E-state index contributed by atoms with van der Waals surface area (Å²) in [6, 6.07) is 0. The number of alkyl halides is 8. The van der Waals surface area contributed by atoms with Gasteiger partial charge in [0.25, 0.3) is 6.08 Å². The van der Waals surface area contributed by atoms with Crippen LogP contribution in [0.5, 0.6) is 0 Å². The van der Waals surface area contributed by atoms with E-state index in [-0.39, 0.29) is 0 Å². The van der Waals surface area contributed by atoms with E-state index in [1.165, 1.54) is 0 Å². The molecule has 0 amide bonds. The Morgan fingerprint density at radius 1 is 0.708 bits per heavy atom. The minimum absolute atomic E-state index is 0.327. The Hall–Kier alpha value is -1.00. The fourth-order valence-corrected chi connectivity index (χ4v) is 1.78. The van der Waals surface area contributed by atoms with E-state index >= 15 is 0 Å². The summed E-state index contributed by atoms with van der Waals surface area (Å²) in [7, 11) is 0. The average molecular weight is 378 g/mol. The Bertz CT molecular complexity index is 415. The minimum Gasteiger partial charge on any atom is -0.396 e. The molecule has 144 valence electrons. The predicted molar refractivity (Wildman–Crippen MR) is 64.9 cm³/mol. The number of rotatable bonds is 11. The summed E-state index contributed by atoms with van der Waals surface area (Å²) in [5.41, 5.74) is 0. The summed E-state index contributed by atoms with van der Waals surface area (Å²) >= 11 is 0. The molecule has 0 aromatic rings. The topological polar surface area (TPSA) is 20.2 Å². The Balaban J connectivity index is 5.05. The SMILES string of the molecule is OCCCC(F)(F)C(F)(F)C(F)(F)C(F)(F)CCCCC=C(F)F. The summed E-state index contributed by atoms with van der Waals surface area (Å²) in [6.45, 7) is -1.01. The summed E-state index contributed by atoms with van der Waals surface area (Å²) in [6.07, 6.45) is -8.27. The molecule has 0 aliphatic carbocycles. The van der Waals surface area contributed by atoms with Crippen LogP contribution in [0.4, 0.5) is 43.9 Å². The molecule has 0 rings (SSSR count). The van der Waals surface area contributed by atoms with E-state index in [0.29, 0.717) is 6.08 Å². The highest BCUT2D eigenvalue weighted by molar-refractivity contribution is 5.03. The lowest BCUT2D eigenvalue weighted by Crippen LogP contribution is -2.62. The molecule has 0 fully saturated rings. The van der Waals surface area contributed by atoms with E-state index in [2.05, 4.69) is 0 Å². The normalized spacial score (nSPS) is 14.0. The number of halogens is 10. The number of unbranched alkanes of at least 4 members (excludes halogenated alkanes) is 2. The second-order valence-electron chi connectivity index (χ2n) is 5.12. The van der Waals surface area contributed by atoms with Crippen LogP contribution >= 0.6 is 0 Å². The Morgan fingerprint density at radius 2 is 1.12 bits per heavy atom. The quantitative estimate of drug-likeness (QED) is 0.364. The van der Waals surface area contributed by atoms with Crippen LogP contribution in [0.2, 0.25) is 0 Å². The van der Waals surface area contributed by atoms with Gasteiger partial charge in [0.15, 0.2) is 0 Å². The summed E-state index contributed by atoms with van der Waals surface area (Å²) in [5.74, 6) is -23.6. The van der Waals surface area contributed by atoms with E-state index in [0.717, 1.165) is 0 Å². The van der Waals surface area contributed by atoms with Gasteiger partial charge in [0.2, 0.25) is 0 Å². The van der Waals surface area contributed by atoms with Gasteiger partial charge in [0.1, 0.15) is 0 Å². The molecule has 0 bridgehead atoms. The standard InChI is InChI=1S/C13H16F10O/c14-9(15)5-2-1-3-6-10(16,17)12(20,21)13(22,23)11(18,19)7-4-8-24/h5,24H,1-4,6-8H2.